The van der Waals surface area contributed by atoms with Crippen molar-refractivity contribution < 1.29 is 9.59 Å². The average molecular weight is 379 g/mol. The Morgan fingerprint density at radius 3 is 1.86 bits per heavy atom. The molecular formula is C24H30N2O2. The molecule has 0 aromatic heterocycles. The molecule has 0 aliphatic heterocycles. The van der Waals surface area contributed by atoms with Crippen molar-refractivity contribution in [2.75, 3.05) is 0 Å². The quantitative estimate of drug-likeness (QED) is 0.508. The summed E-state index contributed by atoms with van der Waals surface area (Å²) < 4.78 is 0. The summed E-state index contributed by atoms with van der Waals surface area (Å²) in [6.45, 7) is 7.26. The van der Waals surface area contributed by atoms with Crippen molar-refractivity contribution in [1.29, 1.82) is 10.8 Å². The third-order valence-electron chi connectivity index (χ3n) is 5.92. The summed E-state index contributed by atoms with van der Waals surface area (Å²) in [6.07, 6.45) is 5.46. The molecule has 0 spiro atoms. The average Bonchev–Trinajstić information content (AvgIpc) is 2.71. The van der Waals surface area contributed by atoms with Gasteiger partial charge in [-0.1, -0.05) is 81.4 Å². The normalized spacial score (nSPS) is 23.1. The molecular weight excluding hydrogens is 348 g/mol. The van der Waals surface area contributed by atoms with Crippen LogP contribution in [0.4, 0.5) is 0 Å². The molecule has 4 heteroatoms. The Bertz CT molecular complexity index is 750. The van der Waals surface area contributed by atoms with Crippen molar-refractivity contribution >= 4 is 12.2 Å². The summed E-state index contributed by atoms with van der Waals surface area (Å²) in [7, 11) is 0. The van der Waals surface area contributed by atoms with E-state index in [0.29, 0.717) is 5.92 Å². The van der Waals surface area contributed by atoms with Gasteiger partial charge in [-0.2, -0.15) is 0 Å². The predicted octanol–water partition coefficient (Wildman–Crippen LogP) is 5.99. The van der Waals surface area contributed by atoms with Crippen LogP contribution >= 0.6 is 0 Å². The molecule has 2 N–H and O–H groups in total. The highest BCUT2D eigenvalue weighted by Gasteiger charge is 2.42. The van der Waals surface area contributed by atoms with Crippen molar-refractivity contribution in [3.05, 3.63) is 71.8 Å². The highest BCUT2D eigenvalue weighted by atomic mass is 16.1. The first-order valence-electron chi connectivity index (χ1n) is 9.62. The van der Waals surface area contributed by atoms with Gasteiger partial charge in [0.05, 0.1) is 0 Å². The monoisotopic (exact) mass is 378 g/mol. The number of benzene rings is 2. The van der Waals surface area contributed by atoms with E-state index >= 15 is 0 Å². The molecule has 2 aromatic carbocycles. The van der Waals surface area contributed by atoms with E-state index in [4.69, 9.17) is 20.4 Å². The molecule has 1 aliphatic carbocycles. The Hall–Kier alpha value is -2.80. The van der Waals surface area contributed by atoms with E-state index < -0.39 is 0 Å². The molecule has 3 unspecified atom stereocenters. The molecule has 148 valence electrons. The maximum Gasteiger partial charge on any atom is 0.231 e. The zero-order valence-electron chi connectivity index (χ0n) is 16.9. The van der Waals surface area contributed by atoms with Gasteiger partial charge in [-0.25, -0.2) is 20.4 Å². The fourth-order valence-corrected chi connectivity index (χ4v) is 4.30. The number of carbonyl (C=O) groups excluding carboxylic acids is 2. The highest BCUT2D eigenvalue weighted by molar-refractivity contribution is 5.34. The highest BCUT2D eigenvalue weighted by Crippen LogP contribution is 2.51. The van der Waals surface area contributed by atoms with Crippen LogP contribution in [-0.2, 0) is 15.0 Å². The molecule has 0 heterocycles. The van der Waals surface area contributed by atoms with Gasteiger partial charge in [-0.3, -0.25) is 0 Å². The summed E-state index contributed by atoms with van der Waals surface area (Å²) in [6, 6.07) is 22.3. The van der Waals surface area contributed by atoms with Crippen molar-refractivity contribution in [2.45, 2.75) is 51.4 Å². The van der Waals surface area contributed by atoms with E-state index in [9.17, 15) is 0 Å². The third-order valence-corrected chi connectivity index (χ3v) is 5.92. The molecule has 1 saturated carbocycles. The van der Waals surface area contributed by atoms with E-state index in [1.807, 2.05) is 0 Å². The lowest BCUT2D eigenvalue weighted by Gasteiger charge is -2.46. The molecule has 4 nitrogen and oxygen atoms in total. The fourth-order valence-electron chi connectivity index (χ4n) is 4.30. The molecule has 0 bridgehead atoms. The molecule has 0 saturated heterocycles. The van der Waals surface area contributed by atoms with Crippen molar-refractivity contribution in [3.63, 3.8) is 0 Å². The van der Waals surface area contributed by atoms with Gasteiger partial charge in [0.2, 0.25) is 12.2 Å². The minimum Gasteiger partial charge on any atom is -0.222 e. The van der Waals surface area contributed by atoms with Crippen LogP contribution in [0.1, 0.15) is 57.1 Å². The SMILES string of the molecule is CC(C)C1CCC(C)(c2ccccc2)C(c2ccccc2)C1.N=C=O.N=C=O. The van der Waals surface area contributed by atoms with Crippen LogP contribution in [0.15, 0.2) is 60.7 Å². The topological polar surface area (TPSA) is 81.8 Å². The first-order valence-corrected chi connectivity index (χ1v) is 9.62. The Morgan fingerprint density at radius 2 is 1.39 bits per heavy atom. The fraction of sp³-hybridized carbons (Fsp3) is 0.417. The van der Waals surface area contributed by atoms with Gasteiger partial charge in [0.15, 0.2) is 0 Å². The Balaban J connectivity index is 0.000000582. The van der Waals surface area contributed by atoms with E-state index in [2.05, 4.69) is 81.4 Å². The third kappa shape index (κ3) is 6.13. The number of rotatable bonds is 3. The lowest BCUT2D eigenvalue weighted by Crippen LogP contribution is -2.37. The number of isocyanates is 2. The smallest absolute Gasteiger partial charge is 0.222 e. The minimum atomic E-state index is 0.258. The van der Waals surface area contributed by atoms with Crippen molar-refractivity contribution in [1.82, 2.24) is 0 Å². The Kier molecular flexibility index (Phi) is 9.81. The van der Waals surface area contributed by atoms with Crippen LogP contribution in [0.3, 0.4) is 0 Å². The van der Waals surface area contributed by atoms with Gasteiger partial charge < -0.3 is 0 Å². The molecule has 0 amide bonds. The standard InChI is InChI=1S/C22H28.2CHNO/c1-17(2)19-14-15-22(3,20-12-8-5-9-13-20)21(16-19)18-10-6-4-7-11-18;2*2-1-3/h4-13,17,19,21H,14-16H2,1-3H3;2*2H. The summed E-state index contributed by atoms with van der Waals surface area (Å²) in [5.74, 6) is 2.26. The van der Waals surface area contributed by atoms with Gasteiger partial charge in [0, 0.05) is 0 Å². The molecule has 3 rings (SSSR count). The summed E-state index contributed by atoms with van der Waals surface area (Å²) in [5, 5.41) is 10.8. The maximum absolute atomic E-state index is 8.35. The number of hydrogen-bond acceptors (Lipinski definition) is 4. The lowest BCUT2D eigenvalue weighted by atomic mass is 9.58. The van der Waals surface area contributed by atoms with Crippen LogP contribution in [0.5, 0.6) is 0 Å². The minimum absolute atomic E-state index is 0.258. The summed E-state index contributed by atoms with van der Waals surface area (Å²) >= 11 is 0. The van der Waals surface area contributed by atoms with E-state index in [1.165, 1.54) is 30.4 Å². The van der Waals surface area contributed by atoms with Crippen LogP contribution < -0.4 is 0 Å². The molecule has 3 atom stereocenters. The van der Waals surface area contributed by atoms with Gasteiger partial charge in [0.25, 0.3) is 0 Å². The first-order chi connectivity index (χ1) is 13.4. The van der Waals surface area contributed by atoms with Gasteiger partial charge >= 0.3 is 0 Å². The molecule has 2 aromatic rings. The van der Waals surface area contributed by atoms with Crippen LogP contribution in [0.2, 0.25) is 0 Å². The number of nitrogens with one attached hydrogen (secondary N) is 2. The van der Waals surface area contributed by atoms with E-state index in [-0.39, 0.29) is 5.41 Å². The lowest BCUT2D eigenvalue weighted by molar-refractivity contribution is 0.173. The van der Waals surface area contributed by atoms with Crippen LogP contribution in [0.25, 0.3) is 0 Å². The molecule has 28 heavy (non-hydrogen) atoms. The van der Waals surface area contributed by atoms with E-state index in [1.54, 1.807) is 0 Å². The largest absolute Gasteiger partial charge is 0.231 e. The van der Waals surface area contributed by atoms with Crippen LogP contribution in [0, 0.1) is 22.7 Å². The summed E-state index contributed by atoms with van der Waals surface area (Å²) in [4.78, 5) is 16.7. The van der Waals surface area contributed by atoms with Crippen LogP contribution in [-0.4, -0.2) is 12.2 Å². The second-order valence-corrected chi connectivity index (χ2v) is 7.73. The second-order valence-electron chi connectivity index (χ2n) is 7.73. The Morgan fingerprint density at radius 1 is 0.929 bits per heavy atom. The maximum atomic E-state index is 8.35. The zero-order chi connectivity index (χ0) is 21.0. The number of hydrogen-bond donors (Lipinski definition) is 2. The molecule has 1 fully saturated rings. The predicted molar refractivity (Wildman–Crippen MR) is 112 cm³/mol. The molecule has 1 aliphatic rings. The van der Waals surface area contributed by atoms with Crippen molar-refractivity contribution in [3.8, 4) is 0 Å². The second kappa shape index (κ2) is 11.8. The Labute approximate surface area is 168 Å². The summed E-state index contributed by atoms with van der Waals surface area (Å²) in [5.41, 5.74) is 3.28. The van der Waals surface area contributed by atoms with Gasteiger partial charge in [-0.05, 0) is 53.6 Å². The molecule has 0 radical (unpaired) electrons. The first kappa shape index (κ1) is 23.2. The van der Waals surface area contributed by atoms with Crippen molar-refractivity contribution in [2.24, 2.45) is 11.8 Å². The van der Waals surface area contributed by atoms with Gasteiger partial charge in [-0.15, -0.1) is 0 Å². The van der Waals surface area contributed by atoms with E-state index in [0.717, 1.165) is 24.0 Å². The zero-order valence-corrected chi connectivity index (χ0v) is 16.9. The van der Waals surface area contributed by atoms with Gasteiger partial charge in [0.1, 0.15) is 0 Å².